The minimum absolute atomic E-state index is 0.0731. The van der Waals surface area contributed by atoms with Crippen LogP contribution in [0.15, 0.2) is 24.5 Å². The fraction of sp³-hybridized carbons (Fsp3) is 0.357. The van der Waals surface area contributed by atoms with Crippen molar-refractivity contribution in [2.75, 3.05) is 18.0 Å². The summed E-state index contributed by atoms with van der Waals surface area (Å²) >= 11 is 0. The van der Waals surface area contributed by atoms with Crippen molar-refractivity contribution in [2.45, 2.75) is 12.8 Å². The number of fused-ring (bicyclic) bond motifs is 1. The van der Waals surface area contributed by atoms with E-state index in [1.54, 1.807) is 6.07 Å². The van der Waals surface area contributed by atoms with E-state index >= 15 is 0 Å². The minimum atomic E-state index is -0.349. The van der Waals surface area contributed by atoms with Gasteiger partial charge >= 0.3 is 0 Å². The van der Waals surface area contributed by atoms with Gasteiger partial charge in [-0.05, 0) is 25.0 Å². The number of hydrogen-bond donors (Lipinski definition) is 1. The molecule has 1 aromatic heterocycles. The Bertz CT molecular complexity index is 653. The molecule has 0 atom stereocenters. The molecule has 1 aromatic carbocycles. The van der Waals surface area contributed by atoms with E-state index in [1.807, 2.05) is 6.07 Å². The number of nitrogens with two attached hydrogens (primary N) is 1. The Kier molecular flexibility index (Phi) is 3.22. The van der Waals surface area contributed by atoms with Crippen LogP contribution in [0.5, 0.6) is 0 Å². The molecule has 1 amide bonds. The molecule has 104 valence electrons. The van der Waals surface area contributed by atoms with E-state index in [-0.39, 0.29) is 17.6 Å². The largest absolute Gasteiger partial charge is 0.369 e. The summed E-state index contributed by atoms with van der Waals surface area (Å²) in [6.07, 6.45) is 2.78. The average Bonchev–Trinajstić information content (AvgIpc) is 2.47. The Morgan fingerprint density at radius 2 is 2.05 bits per heavy atom. The highest BCUT2D eigenvalue weighted by Gasteiger charge is 2.25. The third-order valence-electron chi connectivity index (χ3n) is 3.79. The molecule has 0 saturated carbocycles. The first-order chi connectivity index (χ1) is 9.66. The van der Waals surface area contributed by atoms with Gasteiger partial charge in [0.25, 0.3) is 0 Å². The number of carbonyl (C=O) groups is 1. The number of benzene rings is 1. The zero-order chi connectivity index (χ0) is 14.1. The summed E-state index contributed by atoms with van der Waals surface area (Å²) in [6, 6.07) is 4.85. The highest BCUT2D eigenvalue weighted by atomic mass is 19.1. The van der Waals surface area contributed by atoms with Gasteiger partial charge in [-0.1, -0.05) is 6.07 Å². The average molecular weight is 274 g/mol. The fourth-order valence-corrected chi connectivity index (χ4v) is 2.67. The van der Waals surface area contributed by atoms with E-state index in [0.29, 0.717) is 36.8 Å². The smallest absolute Gasteiger partial charge is 0.220 e. The molecule has 1 aliphatic rings. The van der Waals surface area contributed by atoms with E-state index < -0.39 is 0 Å². The first kappa shape index (κ1) is 12.8. The van der Waals surface area contributed by atoms with Crippen LogP contribution in [0.2, 0.25) is 0 Å². The minimum Gasteiger partial charge on any atom is -0.369 e. The van der Waals surface area contributed by atoms with Crippen molar-refractivity contribution < 1.29 is 9.18 Å². The van der Waals surface area contributed by atoms with Crippen molar-refractivity contribution in [3.8, 4) is 0 Å². The standard InChI is InChI=1S/C14H15FN4O/c15-11-3-1-2-10-12(11)17-8-18-14(10)19-6-4-9(5-7-19)13(16)20/h1-3,8-9H,4-7H2,(H2,16,20). The van der Waals surface area contributed by atoms with E-state index in [9.17, 15) is 9.18 Å². The van der Waals surface area contributed by atoms with E-state index in [2.05, 4.69) is 14.9 Å². The maximum Gasteiger partial charge on any atom is 0.220 e. The zero-order valence-corrected chi connectivity index (χ0v) is 10.9. The summed E-state index contributed by atoms with van der Waals surface area (Å²) in [5, 5.41) is 0.699. The summed E-state index contributed by atoms with van der Waals surface area (Å²) < 4.78 is 13.7. The molecule has 2 N–H and O–H groups in total. The maximum atomic E-state index is 13.7. The van der Waals surface area contributed by atoms with Gasteiger partial charge in [0.05, 0.1) is 0 Å². The molecule has 20 heavy (non-hydrogen) atoms. The van der Waals surface area contributed by atoms with Crippen LogP contribution in [0.25, 0.3) is 10.9 Å². The quantitative estimate of drug-likeness (QED) is 0.900. The molecule has 2 heterocycles. The molecule has 0 aliphatic carbocycles. The third-order valence-corrected chi connectivity index (χ3v) is 3.79. The van der Waals surface area contributed by atoms with Crippen LogP contribution < -0.4 is 10.6 Å². The summed E-state index contributed by atoms with van der Waals surface area (Å²) in [6.45, 7) is 1.38. The van der Waals surface area contributed by atoms with Crippen LogP contribution in [-0.4, -0.2) is 29.0 Å². The predicted octanol–water partition coefficient (Wildman–Crippen LogP) is 1.47. The first-order valence-electron chi connectivity index (χ1n) is 6.60. The van der Waals surface area contributed by atoms with Gasteiger partial charge in [-0.2, -0.15) is 0 Å². The van der Waals surface area contributed by atoms with Crippen LogP contribution in [0.1, 0.15) is 12.8 Å². The lowest BCUT2D eigenvalue weighted by atomic mass is 9.96. The van der Waals surface area contributed by atoms with Crippen LogP contribution in [0.4, 0.5) is 10.2 Å². The lowest BCUT2D eigenvalue weighted by Crippen LogP contribution is -2.39. The van der Waals surface area contributed by atoms with Crippen LogP contribution >= 0.6 is 0 Å². The van der Waals surface area contributed by atoms with Gasteiger partial charge in [-0.3, -0.25) is 4.79 Å². The van der Waals surface area contributed by atoms with Crippen molar-refractivity contribution in [2.24, 2.45) is 11.7 Å². The second-order valence-electron chi connectivity index (χ2n) is 5.00. The number of anilines is 1. The normalized spacial score (nSPS) is 16.6. The summed E-state index contributed by atoms with van der Waals surface area (Å²) in [7, 11) is 0. The van der Waals surface area contributed by atoms with Crippen LogP contribution in [0, 0.1) is 11.7 Å². The molecule has 0 unspecified atom stereocenters. The van der Waals surface area contributed by atoms with Crippen molar-refractivity contribution in [1.29, 1.82) is 0 Å². The van der Waals surface area contributed by atoms with Crippen molar-refractivity contribution in [1.82, 2.24) is 9.97 Å². The van der Waals surface area contributed by atoms with Crippen LogP contribution in [0.3, 0.4) is 0 Å². The lowest BCUT2D eigenvalue weighted by molar-refractivity contribution is -0.122. The van der Waals surface area contributed by atoms with Gasteiger partial charge < -0.3 is 10.6 Å². The number of nitrogens with zero attached hydrogens (tertiary/aromatic N) is 3. The molecule has 2 aromatic rings. The first-order valence-corrected chi connectivity index (χ1v) is 6.60. The lowest BCUT2D eigenvalue weighted by Gasteiger charge is -2.31. The van der Waals surface area contributed by atoms with E-state index in [0.717, 1.165) is 5.82 Å². The van der Waals surface area contributed by atoms with E-state index in [1.165, 1.54) is 12.4 Å². The predicted molar refractivity (Wildman–Crippen MR) is 73.6 cm³/mol. The third kappa shape index (κ3) is 2.17. The van der Waals surface area contributed by atoms with Gasteiger partial charge in [0, 0.05) is 24.4 Å². The van der Waals surface area contributed by atoms with Gasteiger partial charge in [0.2, 0.25) is 5.91 Å². The molecule has 1 fully saturated rings. The molecule has 6 heteroatoms. The Labute approximate surface area is 115 Å². The monoisotopic (exact) mass is 274 g/mol. The molecular weight excluding hydrogens is 259 g/mol. The molecule has 1 saturated heterocycles. The second-order valence-corrected chi connectivity index (χ2v) is 5.00. The molecular formula is C14H15FN4O. The number of carbonyl (C=O) groups excluding carboxylic acids is 1. The summed E-state index contributed by atoms with van der Waals surface area (Å²) in [5.41, 5.74) is 5.66. The maximum absolute atomic E-state index is 13.7. The summed E-state index contributed by atoms with van der Waals surface area (Å²) in [5.74, 6) is 0.0509. The number of halogens is 1. The van der Waals surface area contributed by atoms with Gasteiger partial charge in [-0.15, -0.1) is 0 Å². The van der Waals surface area contributed by atoms with Gasteiger partial charge in [-0.25, -0.2) is 14.4 Å². The fourth-order valence-electron chi connectivity index (χ4n) is 2.67. The number of para-hydroxylation sites is 1. The SMILES string of the molecule is NC(=O)C1CCN(c2ncnc3c(F)cccc23)CC1. The number of amides is 1. The highest BCUT2D eigenvalue weighted by Crippen LogP contribution is 2.28. The second kappa shape index (κ2) is 5.03. The highest BCUT2D eigenvalue weighted by molar-refractivity contribution is 5.89. The number of piperidine rings is 1. The van der Waals surface area contributed by atoms with Crippen molar-refractivity contribution in [3.63, 3.8) is 0 Å². The molecule has 3 rings (SSSR count). The Morgan fingerprint density at radius 1 is 1.30 bits per heavy atom. The molecule has 0 radical (unpaired) electrons. The Morgan fingerprint density at radius 3 is 2.75 bits per heavy atom. The zero-order valence-electron chi connectivity index (χ0n) is 10.9. The van der Waals surface area contributed by atoms with Crippen LogP contribution in [-0.2, 0) is 4.79 Å². The van der Waals surface area contributed by atoms with Gasteiger partial charge in [0.15, 0.2) is 0 Å². The number of primary amides is 1. The number of hydrogen-bond acceptors (Lipinski definition) is 4. The Hall–Kier alpha value is -2.24. The number of rotatable bonds is 2. The molecule has 0 spiro atoms. The molecule has 0 bridgehead atoms. The molecule has 1 aliphatic heterocycles. The van der Waals surface area contributed by atoms with E-state index in [4.69, 9.17) is 5.73 Å². The van der Waals surface area contributed by atoms with Crippen molar-refractivity contribution in [3.05, 3.63) is 30.3 Å². The summed E-state index contributed by atoms with van der Waals surface area (Å²) in [4.78, 5) is 21.5. The molecule has 5 nitrogen and oxygen atoms in total. The number of aromatic nitrogens is 2. The topological polar surface area (TPSA) is 72.1 Å². The van der Waals surface area contributed by atoms with Gasteiger partial charge in [0.1, 0.15) is 23.5 Å². The van der Waals surface area contributed by atoms with Crippen molar-refractivity contribution >= 4 is 22.6 Å². The Balaban J connectivity index is 1.92.